The zero-order valence-corrected chi connectivity index (χ0v) is 35.0. The summed E-state index contributed by atoms with van der Waals surface area (Å²) in [5, 5.41) is 2.58. The van der Waals surface area contributed by atoms with Gasteiger partial charge in [-0.05, 0) is 133 Å². The van der Waals surface area contributed by atoms with Crippen molar-refractivity contribution in [2.75, 3.05) is 4.90 Å². The van der Waals surface area contributed by atoms with Gasteiger partial charge in [-0.1, -0.05) is 185 Å². The second-order valence-corrected chi connectivity index (χ2v) is 18.7. The van der Waals surface area contributed by atoms with Gasteiger partial charge >= 0.3 is 0 Å². The van der Waals surface area contributed by atoms with Gasteiger partial charge in [0.1, 0.15) is 0 Å². The van der Waals surface area contributed by atoms with Crippen LogP contribution in [0.15, 0.2) is 176 Å². The van der Waals surface area contributed by atoms with Crippen LogP contribution in [0.3, 0.4) is 0 Å². The van der Waals surface area contributed by atoms with Gasteiger partial charge < -0.3 is 4.90 Å². The van der Waals surface area contributed by atoms with E-state index in [4.69, 9.17) is 0 Å². The first-order valence-corrected chi connectivity index (χ1v) is 22.4. The van der Waals surface area contributed by atoms with Crippen molar-refractivity contribution in [2.24, 2.45) is 17.8 Å². The van der Waals surface area contributed by atoms with Crippen molar-refractivity contribution in [3.8, 4) is 44.5 Å². The van der Waals surface area contributed by atoms with E-state index in [1.807, 2.05) is 0 Å². The molecule has 8 aromatic carbocycles. The summed E-state index contributed by atoms with van der Waals surface area (Å²) >= 11 is 0. The van der Waals surface area contributed by atoms with Gasteiger partial charge in [0.15, 0.2) is 0 Å². The molecule has 0 N–H and O–H groups in total. The summed E-state index contributed by atoms with van der Waals surface area (Å²) in [6, 6.07) is 66.9. The summed E-state index contributed by atoms with van der Waals surface area (Å²) in [4.78, 5) is 2.57. The zero-order chi connectivity index (χ0) is 40.2. The van der Waals surface area contributed by atoms with Crippen molar-refractivity contribution in [3.63, 3.8) is 0 Å². The second kappa shape index (κ2) is 13.4. The Bertz CT molecular complexity index is 2990. The predicted octanol–water partition coefficient (Wildman–Crippen LogP) is 16.1. The molecule has 0 aromatic heterocycles. The van der Waals surface area contributed by atoms with Crippen LogP contribution >= 0.6 is 0 Å². The lowest BCUT2D eigenvalue weighted by molar-refractivity contribution is 0.145. The molecule has 1 heteroatoms. The molecule has 1 nitrogen and oxygen atoms in total. The van der Waals surface area contributed by atoms with E-state index in [0.717, 1.165) is 11.6 Å². The van der Waals surface area contributed by atoms with E-state index in [1.165, 1.54) is 110 Å². The first kappa shape index (κ1) is 35.7. The van der Waals surface area contributed by atoms with Gasteiger partial charge in [0.05, 0.1) is 11.4 Å². The topological polar surface area (TPSA) is 3.24 Å². The molecule has 1 spiro atoms. The van der Waals surface area contributed by atoms with Crippen molar-refractivity contribution in [2.45, 2.75) is 63.7 Å². The normalized spacial score (nSPS) is 21.4. The zero-order valence-electron chi connectivity index (χ0n) is 35.0. The van der Waals surface area contributed by atoms with Crippen LogP contribution < -0.4 is 4.90 Å². The van der Waals surface area contributed by atoms with Crippen molar-refractivity contribution in [1.29, 1.82) is 0 Å². The quantitative estimate of drug-likeness (QED) is 0.163. The fourth-order valence-electron chi connectivity index (χ4n) is 13.2. The van der Waals surface area contributed by atoms with Gasteiger partial charge in [0.2, 0.25) is 0 Å². The Morgan fingerprint density at radius 3 is 1.88 bits per heavy atom. The minimum absolute atomic E-state index is 0.0408. The third-order valence-corrected chi connectivity index (χ3v) is 15.5. The molecule has 4 aliphatic carbocycles. The van der Waals surface area contributed by atoms with Crippen LogP contribution in [-0.2, 0) is 10.8 Å². The Balaban J connectivity index is 1.11. The second-order valence-electron chi connectivity index (χ2n) is 18.7. The Morgan fingerprint density at radius 2 is 1.07 bits per heavy atom. The van der Waals surface area contributed by atoms with Gasteiger partial charge in [-0.25, -0.2) is 0 Å². The average molecular weight is 774 g/mol. The van der Waals surface area contributed by atoms with E-state index in [-0.39, 0.29) is 10.8 Å². The minimum Gasteiger partial charge on any atom is -0.310 e. The molecule has 0 aliphatic heterocycles. The molecule has 0 radical (unpaired) electrons. The Hall–Kier alpha value is -6.18. The summed E-state index contributed by atoms with van der Waals surface area (Å²) in [7, 11) is 0. The Labute approximate surface area is 355 Å². The number of rotatable bonds is 6. The van der Waals surface area contributed by atoms with Crippen molar-refractivity contribution in [1.82, 2.24) is 0 Å². The fourth-order valence-corrected chi connectivity index (χ4v) is 13.2. The molecule has 12 rings (SSSR count). The van der Waals surface area contributed by atoms with E-state index in [2.05, 4.69) is 202 Å². The molecule has 60 heavy (non-hydrogen) atoms. The lowest BCUT2D eigenvalue weighted by Gasteiger charge is -2.48. The van der Waals surface area contributed by atoms with Crippen LogP contribution in [0.4, 0.5) is 17.1 Å². The van der Waals surface area contributed by atoms with Crippen molar-refractivity contribution >= 4 is 27.8 Å². The first-order valence-electron chi connectivity index (χ1n) is 22.4. The van der Waals surface area contributed by atoms with Gasteiger partial charge in [-0.3, -0.25) is 0 Å². The van der Waals surface area contributed by atoms with E-state index >= 15 is 0 Å². The number of hydrogen-bond donors (Lipinski definition) is 0. The molecule has 0 unspecified atom stereocenters. The monoisotopic (exact) mass is 773 g/mol. The third kappa shape index (κ3) is 4.93. The molecule has 8 aromatic rings. The summed E-state index contributed by atoms with van der Waals surface area (Å²) in [6.45, 7) is 7.28. The summed E-state index contributed by atoms with van der Waals surface area (Å²) in [6.07, 6.45) is 6.63. The number of benzene rings is 8. The SMILES string of the molecule is CC[C@H]1C[C@H]2CC[C@H](C2)[C@]12c1ccccc1-c1cccc(-c3cccc4c(N(c5cccc(-c6ccccc6)c5)c5cccc6c5C(C)(C)c5ccccc5-6)cccc34)c12. The molecule has 0 saturated heterocycles. The van der Waals surface area contributed by atoms with Gasteiger partial charge in [0.25, 0.3) is 0 Å². The molecule has 2 fully saturated rings. The summed E-state index contributed by atoms with van der Waals surface area (Å²) in [5.41, 5.74) is 20.2. The van der Waals surface area contributed by atoms with Gasteiger partial charge in [0, 0.05) is 21.9 Å². The highest BCUT2D eigenvalue weighted by atomic mass is 15.1. The van der Waals surface area contributed by atoms with E-state index in [0.29, 0.717) is 11.8 Å². The van der Waals surface area contributed by atoms with Crippen LogP contribution in [0.2, 0.25) is 0 Å². The highest BCUT2D eigenvalue weighted by molar-refractivity contribution is 6.08. The standard InChI is InChI=1S/C59H51N/c1-4-41-35-38-33-34-42(36-38)59(41)53-30-11-9-22-47(53)50-27-14-26-49(56(50)59)45-23-13-25-48-44(45)24-15-31-54(48)60(43-20-12-19-40(37-43)39-17-6-5-7-18-39)55-32-16-28-51-46-21-8-10-29-52(46)58(2,3)57(51)55/h5-32,37-38,41-42H,4,33-36H2,1-3H3/t38-,41+,42-,59+/m1/s1. The summed E-state index contributed by atoms with van der Waals surface area (Å²) < 4.78 is 0. The predicted molar refractivity (Wildman–Crippen MR) is 253 cm³/mol. The molecule has 4 atom stereocenters. The highest BCUT2D eigenvalue weighted by Gasteiger charge is 2.58. The maximum Gasteiger partial charge on any atom is 0.0540 e. The number of hydrogen-bond acceptors (Lipinski definition) is 1. The van der Waals surface area contributed by atoms with Crippen LogP contribution in [0.1, 0.15) is 75.1 Å². The van der Waals surface area contributed by atoms with Gasteiger partial charge in [-0.2, -0.15) is 0 Å². The maximum atomic E-state index is 2.57. The first-order chi connectivity index (χ1) is 29.5. The molecular weight excluding hydrogens is 723 g/mol. The van der Waals surface area contributed by atoms with E-state index < -0.39 is 0 Å². The fraction of sp³-hybridized carbons (Fsp3) is 0.220. The third-order valence-electron chi connectivity index (χ3n) is 15.5. The lowest BCUT2D eigenvalue weighted by atomic mass is 9.54. The number of anilines is 3. The summed E-state index contributed by atoms with van der Waals surface area (Å²) in [5.74, 6) is 2.19. The van der Waals surface area contributed by atoms with Crippen LogP contribution in [0, 0.1) is 17.8 Å². The minimum atomic E-state index is -0.184. The number of nitrogens with zero attached hydrogens (tertiary/aromatic N) is 1. The average Bonchev–Trinajstić information content (AvgIpc) is 3.92. The van der Waals surface area contributed by atoms with Crippen LogP contribution in [-0.4, -0.2) is 0 Å². The van der Waals surface area contributed by atoms with Crippen LogP contribution in [0.5, 0.6) is 0 Å². The maximum absolute atomic E-state index is 2.57. The molecule has 0 heterocycles. The molecule has 0 amide bonds. The largest absolute Gasteiger partial charge is 0.310 e. The van der Waals surface area contributed by atoms with Crippen LogP contribution in [0.25, 0.3) is 55.3 Å². The van der Waals surface area contributed by atoms with Crippen molar-refractivity contribution < 1.29 is 0 Å². The van der Waals surface area contributed by atoms with E-state index in [9.17, 15) is 0 Å². The Kier molecular flexibility index (Phi) is 7.99. The Morgan fingerprint density at radius 1 is 0.483 bits per heavy atom. The molecule has 2 saturated carbocycles. The number of fused-ring (bicyclic) bond motifs is 12. The molecule has 2 bridgehead atoms. The highest BCUT2D eigenvalue weighted by Crippen LogP contribution is 2.67. The molecule has 4 aliphatic rings. The lowest BCUT2D eigenvalue weighted by Crippen LogP contribution is -2.44. The molecule has 292 valence electrons. The van der Waals surface area contributed by atoms with Gasteiger partial charge in [-0.15, -0.1) is 0 Å². The van der Waals surface area contributed by atoms with Crippen molar-refractivity contribution in [3.05, 3.63) is 198 Å². The smallest absolute Gasteiger partial charge is 0.0540 e. The molecular formula is C59H51N. The van der Waals surface area contributed by atoms with E-state index in [1.54, 1.807) is 11.1 Å².